The SMILES string of the molecule is C=C[C@H]1C[N+]2(C(Cl)(Cl)c3ccccc3)CC[C@H]1C[C@H]2[C@H](O)c1ccnc2ccccc12. The van der Waals surface area contributed by atoms with Crippen molar-refractivity contribution in [1.29, 1.82) is 0 Å². The van der Waals surface area contributed by atoms with Gasteiger partial charge in [-0.1, -0.05) is 42.5 Å². The van der Waals surface area contributed by atoms with Crippen LogP contribution in [0, 0.1) is 11.8 Å². The Kier molecular flexibility index (Phi) is 5.34. The van der Waals surface area contributed by atoms with Gasteiger partial charge in [-0.15, -0.1) is 6.58 Å². The third-order valence-corrected chi connectivity index (χ3v) is 8.68. The Labute approximate surface area is 193 Å². The normalized spacial score (nSPS) is 29.1. The van der Waals surface area contributed by atoms with Gasteiger partial charge in [-0.3, -0.25) is 9.47 Å². The van der Waals surface area contributed by atoms with Crippen molar-refractivity contribution in [2.45, 2.75) is 29.4 Å². The minimum absolute atomic E-state index is 0.115. The van der Waals surface area contributed by atoms with E-state index in [0.717, 1.165) is 48.0 Å². The van der Waals surface area contributed by atoms with Gasteiger partial charge in [-0.2, -0.15) is 0 Å². The van der Waals surface area contributed by atoms with E-state index in [9.17, 15) is 5.11 Å². The Balaban J connectivity index is 1.64. The molecule has 1 N–H and O–H groups in total. The number of benzene rings is 2. The summed E-state index contributed by atoms with van der Waals surface area (Å²) in [6.45, 7) is 5.70. The lowest BCUT2D eigenvalue weighted by Crippen LogP contribution is -2.72. The van der Waals surface area contributed by atoms with Crippen LogP contribution in [-0.4, -0.2) is 33.7 Å². The highest BCUT2D eigenvalue weighted by Gasteiger charge is 2.63. The zero-order valence-corrected chi connectivity index (χ0v) is 18.9. The van der Waals surface area contributed by atoms with Crippen LogP contribution in [0.1, 0.15) is 30.1 Å². The fraction of sp³-hybridized carbons (Fsp3) is 0.346. The summed E-state index contributed by atoms with van der Waals surface area (Å²) >= 11 is 14.5. The molecule has 1 aromatic heterocycles. The fourth-order valence-corrected chi connectivity index (χ4v) is 6.75. The van der Waals surface area contributed by atoms with Crippen LogP contribution in [0.4, 0.5) is 0 Å². The van der Waals surface area contributed by atoms with Gasteiger partial charge in [0.25, 0.3) is 4.46 Å². The van der Waals surface area contributed by atoms with E-state index in [4.69, 9.17) is 23.2 Å². The molecule has 3 fully saturated rings. The summed E-state index contributed by atoms with van der Waals surface area (Å²) in [4.78, 5) is 4.47. The second-order valence-electron chi connectivity index (χ2n) is 8.96. The van der Waals surface area contributed by atoms with E-state index in [2.05, 4.69) is 17.6 Å². The first kappa shape index (κ1) is 21.0. The number of pyridine rings is 1. The first-order valence-electron chi connectivity index (χ1n) is 10.9. The number of nitrogens with zero attached hydrogens (tertiary/aromatic N) is 2. The first-order valence-corrected chi connectivity index (χ1v) is 11.7. The van der Waals surface area contributed by atoms with E-state index in [-0.39, 0.29) is 6.04 Å². The van der Waals surface area contributed by atoms with E-state index < -0.39 is 10.6 Å². The van der Waals surface area contributed by atoms with Crippen molar-refractivity contribution in [2.24, 2.45) is 11.8 Å². The van der Waals surface area contributed by atoms with Crippen molar-refractivity contribution in [3.63, 3.8) is 0 Å². The van der Waals surface area contributed by atoms with Gasteiger partial charge in [0.1, 0.15) is 12.1 Å². The molecule has 3 saturated heterocycles. The molecule has 2 aromatic carbocycles. The Morgan fingerprint density at radius 3 is 2.61 bits per heavy atom. The molecule has 0 amide bonds. The molecule has 3 aliphatic heterocycles. The number of alkyl halides is 2. The van der Waals surface area contributed by atoms with Crippen molar-refractivity contribution < 1.29 is 9.59 Å². The molecule has 1 unspecified atom stereocenters. The average Bonchev–Trinajstić information content (AvgIpc) is 2.83. The molecular weight excluding hydrogens is 427 g/mol. The van der Waals surface area contributed by atoms with Crippen molar-refractivity contribution in [2.75, 3.05) is 13.1 Å². The summed E-state index contributed by atoms with van der Waals surface area (Å²) in [7, 11) is 0. The maximum atomic E-state index is 11.8. The smallest absolute Gasteiger partial charge is 0.277 e. The number of hydrogen-bond acceptors (Lipinski definition) is 2. The molecule has 4 heterocycles. The molecule has 0 spiro atoms. The monoisotopic (exact) mass is 453 g/mol. The summed E-state index contributed by atoms with van der Waals surface area (Å²) in [6.07, 6.45) is 5.03. The molecule has 2 bridgehead atoms. The number of aliphatic hydroxyl groups is 1. The minimum Gasteiger partial charge on any atom is -0.382 e. The number of aliphatic hydroxyl groups excluding tert-OH is 1. The lowest BCUT2D eigenvalue weighted by Gasteiger charge is -2.61. The predicted molar refractivity (Wildman–Crippen MR) is 127 cm³/mol. The molecule has 5 atom stereocenters. The fourth-order valence-electron chi connectivity index (χ4n) is 5.94. The number of hydrogen-bond donors (Lipinski definition) is 1. The van der Waals surface area contributed by atoms with E-state index >= 15 is 0 Å². The minimum atomic E-state index is -1.16. The summed E-state index contributed by atoms with van der Waals surface area (Å²) in [6, 6.07) is 19.7. The summed E-state index contributed by atoms with van der Waals surface area (Å²) in [5, 5.41) is 12.8. The van der Waals surface area contributed by atoms with E-state index in [1.54, 1.807) is 6.20 Å². The molecule has 3 aliphatic rings. The molecule has 3 aromatic rings. The van der Waals surface area contributed by atoms with Gasteiger partial charge >= 0.3 is 0 Å². The van der Waals surface area contributed by atoms with Gasteiger partial charge in [-0.05, 0) is 58.9 Å². The molecule has 31 heavy (non-hydrogen) atoms. The molecule has 160 valence electrons. The second kappa shape index (κ2) is 7.90. The highest BCUT2D eigenvalue weighted by molar-refractivity contribution is 6.46. The molecule has 0 radical (unpaired) electrons. The molecule has 3 nitrogen and oxygen atoms in total. The maximum absolute atomic E-state index is 11.8. The van der Waals surface area contributed by atoms with Crippen molar-refractivity contribution in [3.8, 4) is 0 Å². The van der Waals surface area contributed by atoms with Gasteiger partial charge < -0.3 is 5.11 Å². The van der Waals surface area contributed by atoms with Crippen molar-refractivity contribution in [1.82, 2.24) is 4.98 Å². The number of rotatable bonds is 5. The lowest BCUT2D eigenvalue weighted by atomic mass is 9.71. The zero-order valence-electron chi connectivity index (χ0n) is 17.4. The number of para-hydroxylation sites is 1. The molecule has 6 rings (SSSR count). The number of quaternary nitrogens is 1. The standard InChI is InChI=1S/C26H27Cl2N2O/c1-2-18-17-30(26(27,28)20-8-4-3-5-9-20)15-13-19(18)16-24(30)25(31)22-12-14-29-23-11-7-6-10-21(22)23/h2-12,14,18-19,24-25,31H,1,13,15-17H2/q+1/t18-,19-,24-,25+,30?/m0/s1. The third-order valence-electron chi connectivity index (χ3n) is 7.57. The van der Waals surface area contributed by atoms with Crippen LogP contribution < -0.4 is 0 Å². The van der Waals surface area contributed by atoms with Crippen molar-refractivity contribution in [3.05, 3.63) is 90.6 Å². The van der Waals surface area contributed by atoms with Crippen LogP contribution in [0.2, 0.25) is 0 Å². The maximum Gasteiger partial charge on any atom is 0.277 e. The second-order valence-corrected chi connectivity index (χ2v) is 10.2. The summed E-state index contributed by atoms with van der Waals surface area (Å²) in [5.41, 5.74) is 2.66. The largest absolute Gasteiger partial charge is 0.382 e. The number of aromatic nitrogens is 1. The van der Waals surface area contributed by atoms with E-state index in [0.29, 0.717) is 16.3 Å². The number of fused-ring (bicyclic) bond motifs is 4. The van der Waals surface area contributed by atoms with Gasteiger partial charge in [0, 0.05) is 35.9 Å². The van der Waals surface area contributed by atoms with Gasteiger partial charge in [0.15, 0.2) is 0 Å². The van der Waals surface area contributed by atoms with Crippen molar-refractivity contribution >= 4 is 34.1 Å². The summed E-state index contributed by atoms with van der Waals surface area (Å²) in [5.74, 6) is 0.831. The Morgan fingerprint density at radius 1 is 1.10 bits per heavy atom. The molecule has 0 aliphatic carbocycles. The molecule has 5 heteroatoms. The van der Waals surface area contributed by atoms with Crippen LogP contribution in [0.25, 0.3) is 10.9 Å². The van der Waals surface area contributed by atoms with E-state index in [1.165, 1.54) is 0 Å². The van der Waals surface area contributed by atoms with Crippen LogP contribution in [0.5, 0.6) is 0 Å². The van der Waals surface area contributed by atoms with Gasteiger partial charge in [0.2, 0.25) is 0 Å². The van der Waals surface area contributed by atoms with E-state index in [1.807, 2.05) is 60.7 Å². The Hall–Kier alpha value is -1.91. The van der Waals surface area contributed by atoms with Crippen LogP contribution in [0.15, 0.2) is 79.5 Å². The van der Waals surface area contributed by atoms with Crippen LogP contribution in [-0.2, 0) is 4.46 Å². The molecule has 0 saturated carbocycles. The summed E-state index contributed by atoms with van der Waals surface area (Å²) < 4.78 is -0.729. The lowest BCUT2D eigenvalue weighted by molar-refractivity contribution is -0.998. The highest BCUT2D eigenvalue weighted by atomic mass is 35.5. The quantitative estimate of drug-likeness (QED) is 0.223. The van der Waals surface area contributed by atoms with Crippen LogP contribution in [0.3, 0.4) is 0 Å². The highest BCUT2D eigenvalue weighted by Crippen LogP contribution is 2.57. The Morgan fingerprint density at radius 2 is 1.84 bits per heavy atom. The Bertz CT molecular complexity index is 1100. The van der Waals surface area contributed by atoms with Gasteiger partial charge in [-0.25, -0.2) is 0 Å². The van der Waals surface area contributed by atoms with Gasteiger partial charge in [0.05, 0.1) is 18.6 Å². The number of halogens is 2. The average molecular weight is 454 g/mol. The third kappa shape index (κ3) is 3.22. The first-order chi connectivity index (χ1) is 15.0. The zero-order chi connectivity index (χ0) is 21.6. The molecular formula is C26H27Cl2N2O+. The topological polar surface area (TPSA) is 33.1 Å². The number of piperidine rings is 3. The van der Waals surface area contributed by atoms with Crippen LogP contribution >= 0.6 is 23.2 Å². The predicted octanol–water partition coefficient (Wildman–Crippen LogP) is 5.97.